The smallest absolute Gasteiger partial charge is 0.210 e. The number of nitrogens with zero attached hydrogens (tertiary/aromatic N) is 2. The van der Waals surface area contributed by atoms with Crippen LogP contribution in [0, 0.1) is 0 Å². The first-order valence-corrected chi connectivity index (χ1v) is 17.0. The number of ketones is 1. The van der Waals surface area contributed by atoms with Crippen LogP contribution in [0.4, 0.5) is 11.4 Å². The zero-order valence-electron chi connectivity index (χ0n) is 26.0. The van der Waals surface area contributed by atoms with Gasteiger partial charge < -0.3 is 10.0 Å². The molecule has 0 saturated heterocycles. The molecule has 1 N–H and O–H groups in total. The van der Waals surface area contributed by atoms with E-state index < -0.39 is 5.41 Å². The summed E-state index contributed by atoms with van der Waals surface area (Å²) in [7, 11) is 0. The molecule has 0 spiro atoms. The number of rotatable bonds is 7. The van der Waals surface area contributed by atoms with E-state index >= 15 is 0 Å². The van der Waals surface area contributed by atoms with Gasteiger partial charge in [-0.3, -0.25) is 9.59 Å². The number of likely N-dealkylation sites (N-methyl/N-ethyl adjacent to an activating group) is 1. The number of Topliss-reactive ketones (excluding diaryl/α,β-unsaturated/α-hetero) is 1. The third kappa shape index (κ3) is 4.43. The van der Waals surface area contributed by atoms with Gasteiger partial charge in [0.1, 0.15) is 5.76 Å². The average molecular weight is 632 g/mol. The fraction of sp³-hybridized carbons (Fsp3) is 0.237. The van der Waals surface area contributed by atoms with Crippen molar-refractivity contribution in [3.8, 4) is 20.9 Å². The van der Waals surface area contributed by atoms with Crippen LogP contribution in [0.1, 0.15) is 45.7 Å². The molecule has 4 heterocycles. The van der Waals surface area contributed by atoms with E-state index in [9.17, 15) is 14.7 Å². The van der Waals surface area contributed by atoms with Crippen molar-refractivity contribution in [2.24, 2.45) is 0 Å². The molecule has 0 saturated carbocycles. The highest BCUT2D eigenvalue weighted by atomic mass is 32.1. The maximum absolute atomic E-state index is 13.7. The molecular formula is C38H35N2O3S2+. The Bertz CT molecular complexity index is 2000. The maximum Gasteiger partial charge on any atom is 0.210 e. The minimum absolute atomic E-state index is 0.000771. The Labute approximate surface area is 271 Å². The van der Waals surface area contributed by atoms with E-state index in [4.69, 9.17) is 0 Å². The highest BCUT2D eigenvalue weighted by molar-refractivity contribution is 7.13. The fourth-order valence-corrected chi connectivity index (χ4v) is 8.51. The van der Waals surface area contributed by atoms with E-state index in [-0.39, 0.29) is 29.1 Å². The van der Waals surface area contributed by atoms with E-state index in [1.807, 2.05) is 16.7 Å². The summed E-state index contributed by atoms with van der Waals surface area (Å²) in [6, 6.07) is 21.2. The van der Waals surface area contributed by atoms with Crippen LogP contribution in [-0.4, -0.2) is 40.6 Å². The second-order valence-electron chi connectivity index (χ2n) is 12.8. The average Bonchev–Trinajstić information content (AvgIpc) is 3.83. The van der Waals surface area contributed by atoms with Gasteiger partial charge in [0, 0.05) is 50.8 Å². The van der Waals surface area contributed by atoms with Crippen LogP contribution >= 0.6 is 22.7 Å². The highest BCUT2D eigenvalue weighted by Crippen LogP contribution is 2.50. The van der Waals surface area contributed by atoms with Crippen LogP contribution in [0.15, 0.2) is 106 Å². The van der Waals surface area contributed by atoms with Gasteiger partial charge in [-0.2, -0.15) is 4.58 Å². The van der Waals surface area contributed by atoms with Gasteiger partial charge in [-0.05, 0) is 90.7 Å². The second kappa shape index (κ2) is 10.6. The van der Waals surface area contributed by atoms with Crippen molar-refractivity contribution in [2.75, 3.05) is 18.0 Å². The monoisotopic (exact) mass is 631 g/mol. The molecule has 4 aromatic rings. The predicted molar refractivity (Wildman–Crippen MR) is 185 cm³/mol. The maximum atomic E-state index is 13.7. The standard InChI is InChI=1S/C38H34N2O3S2/c1-6-39-29-13-11-23(31-9-7-17-44-31)19-27(29)37(2,3)33(39)21-25-35(42)26(36(25)43)22-34-38(4,5)28-20-24(32-10-8-18-45-32)12-14-30(28)40(34)15-16-41/h7-14,16-22H,6,15H2,1-5H3/p+1. The van der Waals surface area contributed by atoms with Crippen molar-refractivity contribution < 1.29 is 19.3 Å². The number of aliphatic hydroxyl groups is 1. The summed E-state index contributed by atoms with van der Waals surface area (Å²) in [6.07, 6.45) is 4.54. The molecule has 1 aliphatic carbocycles. The van der Waals surface area contributed by atoms with Gasteiger partial charge in [-0.1, -0.05) is 32.0 Å². The number of aldehydes is 1. The minimum atomic E-state index is -0.484. The van der Waals surface area contributed by atoms with Crippen LogP contribution in [-0.2, 0) is 20.4 Å². The first-order valence-electron chi connectivity index (χ1n) is 15.2. The number of hydrogen-bond donors (Lipinski definition) is 1. The number of aliphatic hydroxyl groups excluding tert-OH is 1. The minimum Gasteiger partial charge on any atom is -0.506 e. The molecule has 45 heavy (non-hydrogen) atoms. The molecule has 2 aromatic carbocycles. The first-order chi connectivity index (χ1) is 21.6. The molecule has 226 valence electrons. The Morgan fingerprint density at radius 1 is 0.867 bits per heavy atom. The Morgan fingerprint density at radius 2 is 1.51 bits per heavy atom. The Kier molecular flexibility index (Phi) is 6.95. The summed E-state index contributed by atoms with van der Waals surface area (Å²) in [6.45, 7) is 11.6. The highest BCUT2D eigenvalue weighted by Gasteiger charge is 2.47. The van der Waals surface area contributed by atoms with Crippen LogP contribution in [0.25, 0.3) is 20.9 Å². The largest absolute Gasteiger partial charge is 0.506 e. The SMILES string of the molecule is CCN1C(=CC2=C(O)C(=CC3=[N+](CC=O)c4ccc(-c5cccs5)cc4C3(C)C)C2=O)C(C)(C)c2cc(-c3cccs3)ccc21. The lowest BCUT2D eigenvalue weighted by molar-refractivity contribution is -0.422. The lowest BCUT2D eigenvalue weighted by atomic mass is 9.77. The summed E-state index contributed by atoms with van der Waals surface area (Å²) in [5.74, 6) is -0.189. The Balaban J connectivity index is 1.27. The molecule has 2 aromatic heterocycles. The van der Waals surface area contributed by atoms with Crippen LogP contribution < -0.4 is 4.90 Å². The molecule has 0 atom stereocenters. The fourth-order valence-electron chi connectivity index (χ4n) is 7.06. The third-order valence-electron chi connectivity index (χ3n) is 9.53. The number of thiophene rings is 2. The van der Waals surface area contributed by atoms with Crippen LogP contribution in [0.3, 0.4) is 0 Å². The summed E-state index contributed by atoms with van der Waals surface area (Å²) < 4.78 is 1.96. The molecule has 0 bridgehead atoms. The summed E-state index contributed by atoms with van der Waals surface area (Å²) in [5.41, 5.74) is 8.24. The van der Waals surface area contributed by atoms with Gasteiger partial charge in [-0.15, -0.1) is 22.7 Å². The number of hydrogen-bond acceptors (Lipinski definition) is 6. The molecule has 0 radical (unpaired) electrons. The molecule has 3 aliphatic rings. The van der Waals surface area contributed by atoms with E-state index in [1.165, 1.54) is 20.9 Å². The van der Waals surface area contributed by atoms with Crippen molar-refractivity contribution >= 4 is 51.8 Å². The Hall–Kier alpha value is -4.33. The third-order valence-corrected chi connectivity index (χ3v) is 11.4. The van der Waals surface area contributed by atoms with Crippen LogP contribution in [0.5, 0.6) is 0 Å². The van der Waals surface area contributed by atoms with Gasteiger partial charge >= 0.3 is 0 Å². The zero-order chi connectivity index (χ0) is 31.7. The lowest BCUT2D eigenvalue weighted by Gasteiger charge is -2.28. The van der Waals surface area contributed by atoms with Crippen molar-refractivity contribution in [3.63, 3.8) is 0 Å². The summed E-state index contributed by atoms with van der Waals surface area (Å²) in [4.78, 5) is 30.2. The molecule has 5 nitrogen and oxygen atoms in total. The first kappa shape index (κ1) is 29.4. The molecule has 7 heteroatoms. The summed E-state index contributed by atoms with van der Waals surface area (Å²) >= 11 is 3.41. The number of benzene rings is 2. The van der Waals surface area contributed by atoms with Crippen molar-refractivity contribution in [3.05, 3.63) is 117 Å². The van der Waals surface area contributed by atoms with Gasteiger partial charge in [0.25, 0.3) is 0 Å². The molecule has 7 rings (SSSR count). The normalized spacial score (nSPS) is 19.8. The summed E-state index contributed by atoms with van der Waals surface area (Å²) in [5, 5.41) is 15.5. The van der Waals surface area contributed by atoms with Crippen molar-refractivity contribution in [1.82, 2.24) is 0 Å². The number of allylic oxidation sites excluding steroid dienone is 5. The van der Waals surface area contributed by atoms with E-state index in [2.05, 4.69) is 105 Å². The molecule has 0 amide bonds. The number of fused-ring (bicyclic) bond motifs is 2. The number of carbonyl (C=O) groups is 2. The topological polar surface area (TPSA) is 60.6 Å². The Morgan fingerprint density at radius 3 is 2.09 bits per heavy atom. The van der Waals surface area contributed by atoms with Crippen molar-refractivity contribution in [1.29, 1.82) is 0 Å². The molecular weight excluding hydrogens is 597 g/mol. The lowest BCUT2D eigenvalue weighted by Crippen LogP contribution is -2.32. The second-order valence-corrected chi connectivity index (χ2v) is 14.6. The molecule has 0 fully saturated rings. The van der Waals surface area contributed by atoms with E-state index in [0.717, 1.165) is 46.7 Å². The van der Waals surface area contributed by atoms with E-state index in [1.54, 1.807) is 28.7 Å². The number of anilines is 1. The van der Waals surface area contributed by atoms with Gasteiger partial charge in [-0.25, -0.2) is 0 Å². The quantitative estimate of drug-likeness (QED) is 0.126. The number of carbonyl (C=O) groups excluding carboxylic acids is 2. The molecule has 0 unspecified atom stereocenters. The van der Waals surface area contributed by atoms with E-state index in [0.29, 0.717) is 5.57 Å². The van der Waals surface area contributed by atoms with Gasteiger partial charge in [0.05, 0.1) is 16.6 Å². The van der Waals surface area contributed by atoms with Gasteiger partial charge in [0.2, 0.25) is 18.0 Å². The van der Waals surface area contributed by atoms with Gasteiger partial charge in [0.15, 0.2) is 12.0 Å². The predicted octanol–water partition coefficient (Wildman–Crippen LogP) is 8.74. The van der Waals surface area contributed by atoms with Crippen molar-refractivity contribution in [2.45, 2.75) is 45.4 Å². The van der Waals surface area contributed by atoms with Crippen LogP contribution in [0.2, 0.25) is 0 Å². The zero-order valence-corrected chi connectivity index (χ0v) is 27.7. The molecule has 2 aliphatic heterocycles.